The minimum Gasteiger partial charge on any atom is -0.381 e. The van der Waals surface area contributed by atoms with Gasteiger partial charge >= 0.3 is 0 Å². The lowest BCUT2D eigenvalue weighted by Crippen LogP contribution is -2.49. The average molecular weight is 338 g/mol. The maximum absolute atomic E-state index is 12.7. The van der Waals surface area contributed by atoms with Gasteiger partial charge in [0.25, 0.3) is 0 Å². The highest BCUT2D eigenvalue weighted by molar-refractivity contribution is 7.89. The molecule has 2 heterocycles. The summed E-state index contributed by atoms with van der Waals surface area (Å²) >= 11 is 0. The molecule has 2 aliphatic heterocycles. The SMILES string of the molecule is CN(C1CCOCC1)C1CCN(S(=O)(=O)c2ccccc2)CC1. The number of benzene rings is 1. The number of hydrogen-bond donors (Lipinski definition) is 0. The number of ether oxygens (including phenoxy) is 1. The fourth-order valence-electron chi connectivity index (χ4n) is 3.62. The predicted octanol–water partition coefficient (Wildman–Crippen LogP) is 1.95. The van der Waals surface area contributed by atoms with Crippen molar-refractivity contribution < 1.29 is 13.2 Å². The van der Waals surface area contributed by atoms with Crippen LogP contribution in [0, 0.1) is 0 Å². The Kier molecular flexibility index (Phi) is 5.36. The van der Waals surface area contributed by atoms with Gasteiger partial charge in [-0.25, -0.2) is 8.42 Å². The van der Waals surface area contributed by atoms with Gasteiger partial charge in [-0.15, -0.1) is 0 Å². The lowest BCUT2D eigenvalue weighted by atomic mass is 10.00. The highest BCUT2D eigenvalue weighted by Crippen LogP contribution is 2.25. The molecule has 0 amide bonds. The first-order valence-electron chi connectivity index (χ1n) is 8.44. The fraction of sp³-hybridized carbons (Fsp3) is 0.647. The van der Waals surface area contributed by atoms with Crippen molar-refractivity contribution in [2.45, 2.75) is 42.7 Å². The summed E-state index contributed by atoms with van der Waals surface area (Å²) in [5, 5.41) is 0. The zero-order valence-electron chi connectivity index (χ0n) is 13.7. The van der Waals surface area contributed by atoms with Crippen molar-refractivity contribution in [1.82, 2.24) is 9.21 Å². The Balaban J connectivity index is 1.60. The quantitative estimate of drug-likeness (QED) is 0.842. The van der Waals surface area contributed by atoms with Crippen LogP contribution < -0.4 is 0 Å². The van der Waals surface area contributed by atoms with Crippen LogP contribution in [0.3, 0.4) is 0 Å². The molecule has 0 spiro atoms. The molecule has 0 unspecified atom stereocenters. The van der Waals surface area contributed by atoms with Crippen molar-refractivity contribution in [3.05, 3.63) is 30.3 Å². The molecule has 1 aromatic carbocycles. The van der Waals surface area contributed by atoms with Crippen molar-refractivity contribution in [3.63, 3.8) is 0 Å². The Labute approximate surface area is 139 Å². The lowest BCUT2D eigenvalue weighted by Gasteiger charge is -2.41. The Morgan fingerprint density at radius 2 is 1.57 bits per heavy atom. The third-order valence-corrected chi connectivity index (χ3v) is 7.06. The van der Waals surface area contributed by atoms with Gasteiger partial charge in [0.2, 0.25) is 10.0 Å². The number of hydrogen-bond acceptors (Lipinski definition) is 4. The van der Waals surface area contributed by atoms with E-state index in [4.69, 9.17) is 4.74 Å². The summed E-state index contributed by atoms with van der Waals surface area (Å²) in [6, 6.07) is 9.79. The minimum absolute atomic E-state index is 0.399. The molecular weight excluding hydrogens is 312 g/mol. The number of nitrogens with zero attached hydrogens (tertiary/aromatic N) is 2. The topological polar surface area (TPSA) is 49.9 Å². The molecule has 0 radical (unpaired) electrons. The Morgan fingerprint density at radius 3 is 2.17 bits per heavy atom. The highest BCUT2D eigenvalue weighted by Gasteiger charge is 2.32. The van der Waals surface area contributed by atoms with E-state index < -0.39 is 10.0 Å². The van der Waals surface area contributed by atoms with E-state index in [2.05, 4.69) is 11.9 Å². The van der Waals surface area contributed by atoms with Crippen LogP contribution >= 0.6 is 0 Å². The molecule has 0 N–H and O–H groups in total. The molecule has 6 heteroatoms. The van der Waals surface area contributed by atoms with Crippen LogP contribution in [0.15, 0.2) is 35.2 Å². The molecule has 1 aromatic rings. The van der Waals surface area contributed by atoms with Crippen LogP contribution in [-0.2, 0) is 14.8 Å². The third-order valence-electron chi connectivity index (χ3n) is 5.15. The predicted molar refractivity (Wildman–Crippen MR) is 89.8 cm³/mol. The molecule has 3 rings (SSSR count). The van der Waals surface area contributed by atoms with E-state index in [0.29, 0.717) is 30.1 Å². The molecule has 2 fully saturated rings. The molecule has 0 atom stereocenters. The van der Waals surface area contributed by atoms with Crippen LogP contribution in [0.5, 0.6) is 0 Å². The van der Waals surface area contributed by atoms with Gasteiger partial charge in [-0.05, 0) is 44.9 Å². The highest BCUT2D eigenvalue weighted by atomic mass is 32.2. The molecule has 128 valence electrons. The van der Waals surface area contributed by atoms with E-state index in [1.807, 2.05) is 6.07 Å². The molecule has 2 saturated heterocycles. The standard InChI is InChI=1S/C17H26N2O3S/c1-18(16-9-13-22-14-10-16)15-7-11-19(12-8-15)23(20,21)17-5-3-2-4-6-17/h2-6,15-16H,7-14H2,1H3. The van der Waals surface area contributed by atoms with Crippen LogP contribution in [0.1, 0.15) is 25.7 Å². The van der Waals surface area contributed by atoms with Crippen molar-refractivity contribution in [2.24, 2.45) is 0 Å². The van der Waals surface area contributed by atoms with Gasteiger partial charge in [0.1, 0.15) is 0 Å². The van der Waals surface area contributed by atoms with Gasteiger partial charge in [-0.2, -0.15) is 4.31 Å². The first-order chi connectivity index (χ1) is 11.1. The van der Waals surface area contributed by atoms with Gasteiger partial charge in [-0.3, -0.25) is 0 Å². The number of sulfonamides is 1. The molecule has 23 heavy (non-hydrogen) atoms. The maximum atomic E-state index is 12.7. The van der Waals surface area contributed by atoms with Crippen LogP contribution in [0.4, 0.5) is 0 Å². The average Bonchev–Trinajstić information content (AvgIpc) is 2.63. The largest absolute Gasteiger partial charge is 0.381 e. The molecule has 2 aliphatic rings. The second-order valence-electron chi connectivity index (χ2n) is 6.46. The monoisotopic (exact) mass is 338 g/mol. The summed E-state index contributed by atoms with van der Waals surface area (Å²) < 4.78 is 32.4. The lowest BCUT2D eigenvalue weighted by molar-refractivity contribution is 0.0199. The fourth-order valence-corrected chi connectivity index (χ4v) is 5.11. The van der Waals surface area contributed by atoms with Crippen LogP contribution in [-0.4, -0.2) is 63.1 Å². The van der Waals surface area contributed by atoms with Crippen LogP contribution in [0.25, 0.3) is 0 Å². The van der Waals surface area contributed by atoms with Crippen molar-refractivity contribution in [1.29, 1.82) is 0 Å². The Hall–Kier alpha value is -0.950. The molecule has 0 saturated carbocycles. The molecule has 0 aromatic heterocycles. The molecule has 5 nitrogen and oxygen atoms in total. The van der Waals surface area contributed by atoms with E-state index in [9.17, 15) is 8.42 Å². The smallest absolute Gasteiger partial charge is 0.243 e. The Bertz CT molecular complexity index is 592. The summed E-state index contributed by atoms with van der Waals surface area (Å²) in [5.74, 6) is 0. The second kappa shape index (κ2) is 7.30. The first kappa shape index (κ1) is 16.9. The maximum Gasteiger partial charge on any atom is 0.243 e. The van der Waals surface area contributed by atoms with E-state index in [0.717, 1.165) is 38.9 Å². The van der Waals surface area contributed by atoms with Crippen molar-refractivity contribution in [3.8, 4) is 0 Å². The second-order valence-corrected chi connectivity index (χ2v) is 8.40. The summed E-state index contributed by atoms with van der Waals surface area (Å²) in [4.78, 5) is 2.85. The van der Waals surface area contributed by atoms with Gasteiger partial charge in [0.05, 0.1) is 4.90 Å². The molecular formula is C17H26N2O3S. The normalized spacial score (nSPS) is 22.5. The van der Waals surface area contributed by atoms with Crippen LogP contribution in [0.2, 0.25) is 0 Å². The molecule has 0 bridgehead atoms. The number of piperidine rings is 1. The van der Waals surface area contributed by atoms with Gasteiger partial charge in [0.15, 0.2) is 0 Å². The van der Waals surface area contributed by atoms with E-state index >= 15 is 0 Å². The van der Waals surface area contributed by atoms with Crippen molar-refractivity contribution >= 4 is 10.0 Å². The van der Waals surface area contributed by atoms with Gasteiger partial charge in [-0.1, -0.05) is 18.2 Å². The first-order valence-corrected chi connectivity index (χ1v) is 9.88. The van der Waals surface area contributed by atoms with Crippen molar-refractivity contribution in [2.75, 3.05) is 33.4 Å². The van der Waals surface area contributed by atoms with E-state index in [1.165, 1.54) is 0 Å². The summed E-state index contributed by atoms with van der Waals surface area (Å²) in [5.41, 5.74) is 0. The van der Waals surface area contributed by atoms with Gasteiger partial charge in [0, 0.05) is 38.4 Å². The Morgan fingerprint density at radius 1 is 1.00 bits per heavy atom. The third kappa shape index (κ3) is 3.76. The zero-order chi connectivity index (χ0) is 16.3. The summed E-state index contributed by atoms with van der Waals surface area (Å²) in [6.45, 7) is 2.90. The van der Waals surface area contributed by atoms with Gasteiger partial charge < -0.3 is 9.64 Å². The number of rotatable bonds is 4. The molecule has 0 aliphatic carbocycles. The minimum atomic E-state index is -3.34. The summed E-state index contributed by atoms with van der Waals surface area (Å²) in [7, 11) is -1.16. The van der Waals surface area contributed by atoms with E-state index in [1.54, 1.807) is 28.6 Å². The van der Waals surface area contributed by atoms with E-state index in [-0.39, 0.29) is 0 Å². The summed E-state index contributed by atoms with van der Waals surface area (Å²) in [6.07, 6.45) is 3.97. The zero-order valence-corrected chi connectivity index (χ0v) is 14.5.